The maximum atomic E-state index is 12.5. The first kappa shape index (κ1) is 9.18. The van der Waals surface area contributed by atoms with Crippen LogP contribution < -0.4 is 0 Å². The molecule has 1 nitrogen and oxygen atoms in total. The zero-order chi connectivity index (χ0) is 9.35. The fourth-order valence-electron chi connectivity index (χ4n) is 0.664. The summed E-state index contributed by atoms with van der Waals surface area (Å²) in [6, 6.07) is 0.623. The minimum atomic E-state index is -4.68. The van der Waals surface area contributed by atoms with E-state index in [1.54, 1.807) is 0 Å². The molecular weight excluding hydrogens is 194 g/mol. The lowest BCUT2D eigenvalue weighted by Gasteiger charge is -2.06. The van der Waals surface area contributed by atoms with Crippen LogP contribution in [0.25, 0.3) is 0 Å². The van der Waals surface area contributed by atoms with E-state index in [9.17, 15) is 17.6 Å². The molecule has 0 amide bonds. The van der Waals surface area contributed by atoms with Crippen LogP contribution in [-0.2, 0) is 6.18 Å². The zero-order valence-electron chi connectivity index (χ0n) is 5.57. The number of aromatic nitrogens is 1. The van der Waals surface area contributed by atoms with Gasteiger partial charge in [0.05, 0.1) is 0 Å². The summed E-state index contributed by atoms with van der Waals surface area (Å²) in [5.74, 6) is -1.36. The molecule has 0 radical (unpaired) electrons. The summed E-state index contributed by atoms with van der Waals surface area (Å²) in [6.45, 7) is 0. The lowest BCUT2D eigenvalue weighted by Crippen LogP contribution is -2.08. The van der Waals surface area contributed by atoms with Crippen molar-refractivity contribution in [3.05, 3.63) is 28.3 Å². The molecule has 1 aromatic rings. The van der Waals surface area contributed by atoms with Crippen molar-refractivity contribution >= 4 is 12.2 Å². The van der Waals surface area contributed by atoms with Gasteiger partial charge in [-0.1, -0.05) is 12.2 Å². The first-order chi connectivity index (χ1) is 5.41. The molecular formula is C6H3F4NS. The van der Waals surface area contributed by atoms with E-state index in [1.807, 2.05) is 0 Å². The molecule has 0 saturated heterocycles. The number of nitrogens with one attached hydrogen (secondary N) is 1. The van der Waals surface area contributed by atoms with Gasteiger partial charge in [0, 0.05) is 12.3 Å². The van der Waals surface area contributed by atoms with Crippen molar-refractivity contribution in [2.45, 2.75) is 6.18 Å². The van der Waals surface area contributed by atoms with Crippen molar-refractivity contribution < 1.29 is 17.6 Å². The summed E-state index contributed by atoms with van der Waals surface area (Å²) in [7, 11) is 0. The highest BCUT2D eigenvalue weighted by atomic mass is 32.1. The van der Waals surface area contributed by atoms with Gasteiger partial charge >= 0.3 is 6.18 Å². The first-order valence-corrected chi connectivity index (χ1v) is 3.27. The van der Waals surface area contributed by atoms with Crippen LogP contribution in [0.4, 0.5) is 17.6 Å². The Labute approximate surface area is 70.0 Å². The largest absolute Gasteiger partial charge is 0.420 e. The monoisotopic (exact) mass is 197 g/mol. The molecule has 6 heteroatoms. The number of alkyl halides is 3. The fraction of sp³-hybridized carbons (Fsp3) is 0.167. The summed E-state index contributed by atoms with van der Waals surface area (Å²) < 4.78 is 48.1. The predicted octanol–water partition coefficient (Wildman–Crippen LogP) is 2.90. The Morgan fingerprint density at radius 2 is 1.92 bits per heavy atom. The molecule has 0 aliphatic rings. The van der Waals surface area contributed by atoms with Crippen LogP contribution in [0.2, 0.25) is 0 Å². The SMILES string of the molecule is Fc1cc(=S)[nH]cc1C(F)(F)F. The molecule has 12 heavy (non-hydrogen) atoms. The fourth-order valence-corrected chi connectivity index (χ4v) is 0.826. The Hall–Kier alpha value is -0.910. The molecule has 1 heterocycles. The van der Waals surface area contributed by atoms with Crippen LogP contribution in [0.1, 0.15) is 5.56 Å². The molecule has 0 fully saturated rings. The summed E-state index contributed by atoms with van der Waals surface area (Å²) in [5, 5.41) is 0. The number of hydrogen-bond acceptors (Lipinski definition) is 1. The second-order valence-electron chi connectivity index (χ2n) is 2.06. The number of hydrogen-bond donors (Lipinski definition) is 1. The topological polar surface area (TPSA) is 15.8 Å². The van der Waals surface area contributed by atoms with Crippen LogP contribution in [-0.4, -0.2) is 4.98 Å². The van der Waals surface area contributed by atoms with E-state index in [0.717, 1.165) is 0 Å². The smallest absolute Gasteiger partial charge is 0.352 e. The van der Waals surface area contributed by atoms with Gasteiger partial charge in [-0.25, -0.2) is 4.39 Å². The molecule has 0 aromatic carbocycles. The third kappa shape index (κ3) is 1.82. The zero-order valence-corrected chi connectivity index (χ0v) is 6.39. The Bertz CT molecular complexity index is 340. The molecule has 1 N–H and O–H groups in total. The highest BCUT2D eigenvalue weighted by molar-refractivity contribution is 7.71. The second kappa shape index (κ2) is 2.85. The molecule has 0 atom stereocenters. The Kier molecular flexibility index (Phi) is 2.18. The molecule has 0 saturated carbocycles. The minimum absolute atomic E-state index is 0.0690. The van der Waals surface area contributed by atoms with E-state index in [4.69, 9.17) is 0 Å². The van der Waals surface area contributed by atoms with Crippen LogP contribution >= 0.6 is 12.2 Å². The summed E-state index contributed by atoms with van der Waals surface area (Å²) in [6.07, 6.45) is -4.17. The van der Waals surface area contributed by atoms with E-state index in [0.29, 0.717) is 12.3 Å². The maximum Gasteiger partial charge on any atom is 0.420 e. The van der Waals surface area contributed by atoms with Crippen LogP contribution in [0.5, 0.6) is 0 Å². The molecule has 66 valence electrons. The molecule has 0 unspecified atom stereocenters. The minimum Gasteiger partial charge on any atom is -0.352 e. The number of pyridine rings is 1. The van der Waals surface area contributed by atoms with E-state index in [1.165, 1.54) is 0 Å². The lowest BCUT2D eigenvalue weighted by atomic mass is 10.3. The van der Waals surface area contributed by atoms with Crippen molar-refractivity contribution in [1.82, 2.24) is 4.98 Å². The van der Waals surface area contributed by atoms with Gasteiger partial charge in [0.1, 0.15) is 16.0 Å². The summed E-state index contributed by atoms with van der Waals surface area (Å²) >= 11 is 4.42. The Morgan fingerprint density at radius 1 is 1.33 bits per heavy atom. The van der Waals surface area contributed by atoms with Gasteiger partial charge in [0.15, 0.2) is 0 Å². The van der Waals surface area contributed by atoms with E-state index in [-0.39, 0.29) is 4.64 Å². The van der Waals surface area contributed by atoms with Crippen molar-refractivity contribution in [1.29, 1.82) is 0 Å². The Balaban J connectivity index is 3.28. The highest BCUT2D eigenvalue weighted by Gasteiger charge is 2.33. The summed E-state index contributed by atoms with van der Waals surface area (Å²) in [5.41, 5.74) is -1.34. The lowest BCUT2D eigenvalue weighted by molar-refractivity contribution is -0.140. The van der Waals surface area contributed by atoms with Crippen molar-refractivity contribution in [3.63, 3.8) is 0 Å². The van der Waals surface area contributed by atoms with Gasteiger partial charge in [-0.15, -0.1) is 0 Å². The average molecular weight is 197 g/mol. The third-order valence-corrected chi connectivity index (χ3v) is 1.41. The number of halogens is 4. The van der Waals surface area contributed by atoms with Crippen molar-refractivity contribution in [3.8, 4) is 0 Å². The van der Waals surface area contributed by atoms with Gasteiger partial charge < -0.3 is 4.98 Å². The van der Waals surface area contributed by atoms with Crippen molar-refractivity contribution in [2.24, 2.45) is 0 Å². The van der Waals surface area contributed by atoms with Gasteiger partial charge in [-0.2, -0.15) is 13.2 Å². The molecule has 0 spiro atoms. The number of rotatable bonds is 0. The average Bonchev–Trinajstić information content (AvgIpc) is 1.83. The summed E-state index contributed by atoms with van der Waals surface area (Å²) in [4.78, 5) is 2.10. The van der Waals surface area contributed by atoms with Crippen LogP contribution in [0.3, 0.4) is 0 Å². The molecule has 0 aliphatic carbocycles. The highest BCUT2D eigenvalue weighted by Crippen LogP contribution is 2.30. The standard InChI is InChI=1S/C6H3F4NS/c7-4-1-5(12)11-2-3(4)6(8,9)10/h1-2H,(H,11,12). The number of H-pyrrole nitrogens is 1. The first-order valence-electron chi connectivity index (χ1n) is 2.86. The van der Waals surface area contributed by atoms with E-state index >= 15 is 0 Å². The molecule has 1 rings (SSSR count). The Morgan fingerprint density at radius 3 is 2.33 bits per heavy atom. The van der Waals surface area contributed by atoms with Gasteiger partial charge in [0.25, 0.3) is 0 Å². The molecule has 0 aliphatic heterocycles. The molecule has 0 bridgehead atoms. The van der Waals surface area contributed by atoms with E-state index < -0.39 is 17.6 Å². The van der Waals surface area contributed by atoms with Crippen LogP contribution in [0.15, 0.2) is 12.3 Å². The third-order valence-electron chi connectivity index (χ3n) is 1.18. The normalized spacial score (nSPS) is 11.7. The quantitative estimate of drug-likeness (QED) is 0.499. The predicted molar refractivity (Wildman–Crippen MR) is 36.6 cm³/mol. The van der Waals surface area contributed by atoms with Crippen molar-refractivity contribution in [2.75, 3.05) is 0 Å². The maximum absolute atomic E-state index is 12.5. The van der Waals surface area contributed by atoms with Gasteiger partial charge in [-0.3, -0.25) is 0 Å². The van der Waals surface area contributed by atoms with E-state index in [2.05, 4.69) is 17.2 Å². The number of aromatic amines is 1. The second-order valence-corrected chi connectivity index (χ2v) is 2.50. The van der Waals surface area contributed by atoms with Crippen LogP contribution in [0, 0.1) is 10.5 Å². The van der Waals surface area contributed by atoms with Gasteiger partial charge in [0.2, 0.25) is 0 Å². The molecule has 1 aromatic heterocycles. The van der Waals surface area contributed by atoms with Gasteiger partial charge in [-0.05, 0) is 0 Å².